The average Bonchev–Trinajstić information content (AvgIpc) is 3.46. The molecule has 3 heterocycles. The molecule has 0 aliphatic carbocycles. The van der Waals surface area contributed by atoms with Crippen molar-refractivity contribution in [1.82, 2.24) is 5.32 Å². The average molecular weight is 1150 g/mol. The van der Waals surface area contributed by atoms with Crippen LogP contribution in [0.1, 0.15) is 181 Å². The van der Waals surface area contributed by atoms with E-state index in [1.165, 1.54) is 70.6 Å². The third-order valence-corrected chi connectivity index (χ3v) is 15.0. The van der Waals surface area contributed by atoms with Crippen molar-refractivity contribution in [2.45, 2.75) is 285 Å². The Morgan fingerprint density at radius 1 is 0.457 bits per heavy atom. The van der Waals surface area contributed by atoms with Crippen molar-refractivity contribution in [2.24, 2.45) is 0 Å². The molecule has 81 heavy (non-hydrogen) atoms. The first-order valence-electron chi connectivity index (χ1n) is 30.7. The fourth-order valence-electron chi connectivity index (χ4n) is 10.0. The second kappa shape index (κ2) is 44.7. The van der Waals surface area contributed by atoms with Gasteiger partial charge in [-0.05, 0) is 64.2 Å². The van der Waals surface area contributed by atoms with E-state index in [9.17, 15) is 61.0 Å². The molecule has 19 heteroatoms. The highest BCUT2D eigenvalue weighted by Gasteiger charge is 2.53. The third-order valence-electron chi connectivity index (χ3n) is 15.0. The quantitative estimate of drug-likeness (QED) is 0.0253. The summed E-state index contributed by atoms with van der Waals surface area (Å²) < 4.78 is 34.3. The zero-order chi connectivity index (χ0) is 59.0. The minimum absolute atomic E-state index is 0.208. The predicted molar refractivity (Wildman–Crippen MR) is 309 cm³/mol. The molecular weight excluding hydrogens is 1050 g/mol. The Bertz CT molecular complexity index is 1760. The topological polar surface area (TPSA) is 307 Å². The molecule has 0 saturated carbocycles. The molecule has 17 atom stereocenters. The molecule has 12 N–H and O–H groups in total. The van der Waals surface area contributed by atoms with E-state index in [2.05, 4.69) is 92.1 Å². The maximum absolute atomic E-state index is 13.3. The molecule has 3 aliphatic rings. The molecule has 0 bridgehead atoms. The molecule has 3 saturated heterocycles. The van der Waals surface area contributed by atoms with Crippen LogP contribution in [0.4, 0.5) is 0 Å². The van der Waals surface area contributed by atoms with E-state index >= 15 is 0 Å². The van der Waals surface area contributed by atoms with Crippen molar-refractivity contribution >= 4 is 5.91 Å². The van der Waals surface area contributed by atoms with Crippen LogP contribution in [-0.4, -0.2) is 193 Å². The van der Waals surface area contributed by atoms with Crippen molar-refractivity contribution in [3.05, 3.63) is 72.9 Å². The van der Waals surface area contributed by atoms with Gasteiger partial charge in [-0.2, -0.15) is 0 Å². The Labute approximate surface area is 483 Å². The molecule has 1 amide bonds. The molecule has 19 nitrogen and oxygen atoms in total. The molecule has 0 aromatic heterocycles. The Morgan fingerprint density at radius 3 is 1.31 bits per heavy atom. The Hall–Kier alpha value is -2.77. The smallest absolute Gasteiger partial charge is 0.220 e. The third kappa shape index (κ3) is 28.3. The zero-order valence-corrected chi connectivity index (χ0v) is 48.7. The van der Waals surface area contributed by atoms with E-state index in [4.69, 9.17) is 28.4 Å². The van der Waals surface area contributed by atoms with Crippen molar-refractivity contribution < 1.29 is 89.4 Å². The Balaban J connectivity index is 1.50. The van der Waals surface area contributed by atoms with Gasteiger partial charge in [0.25, 0.3) is 0 Å². The highest BCUT2D eigenvalue weighted by atomic mass is 16.8. The second-order valence-electron chi connectivity index (χ2n) is 21.8. The summed E-state index contributed by atoms with van der Waals surface area (Å²) >= 11 is 0. The van der Waals surface area contributed by atoms with Gasteiger partial charge in [0, 0.05) is 6.42 Å². The van der Waals surface area contributed by atoms with Crippen LogP contribution >= 0.6 is 0 Å². The lowest BCUT2D eigenvalue weighted by atomic mass is 9.96. The zero-order valence-electron chi connectivity index (χ0n) is 48.7. The van der Waals surface area contributed by atoms with Gasteiger partial charge in [0.05, 0.1) is 38.6 Å². The van der Waals surface area contributed by atoms with Crippen molar-refractivity contribution in [3.63, 3.8) is 0 Å². The van der Waals surface area contributed by atoms with Crippen LogP contribution < -0.4 is 5.32 Å². The predicted octanol–water partition coefficient (Wildman–Crippen LogP) is 5.82. The van der Waals surface area contributed by atoms with Gasteiger partial charge in [0.1, 0.15) is 73.2 Å². The highest BCUT2D eigenvalue weighted by Crippen LogP contribution is 2.33. The number of unbranched alkanes of at least 4 members (excludes halogenated alkanes) is 16. The van der Waals surface area contributed by atoms with Gasteiger partial charge in [0.15, 0.2) is 18.9 Å². The monoisotopic (exact) mass is 1150 g/mol. The largest absolute Gasteiger partial charge is 0.394 e. The summed E-state index contributed by atoms with van der Waals surface area (Å²) in [7, 11) is 0. The highest BCUT2D eigenvalue weighted by molar-refractivity contribution is 5.76. The number of aliphatic hydroxyl groups excluding tert-OH is 11. The lowest BCUT2D eigenvalue weighted by molar-refractivity contribution is -0.379. The van der Waals surface area contributed by atoms with Gasteiger partial charge in [-0.1, -0.05) is 183 Å². The molecular formula is C62H107NO18. The van der Waals surface area contributed by atoms with Crippen molar-refractivity contribution in [3.8, 4) is 0 Å². The minimum Gasteiger partial charge on any atom is -0.394 e. The number of rotatable bonds is 44. The molecule has 3 rings (SSSR count). The SMILES string of the molecule is CC/C=C\C/C=C\C/C=C\C/C=C\C/C=C\C/C=C\CCCCC(=O)NC(COC1OC(CO)C(OC2OC(CO)C(OC3OC(CO)C(O)C(O)C3O)C(O)C2O)C(O)C1O)C(O)CCCCCCCCCCCCCCCCC. The lowest BCUT2D eigenvalue weighted by Crippen LogP contribution is -2.66. The van der Waals surface area contributed by atoms with Crippen LogP contribution in [-0.2, 0) is 33.2 Å². The summed E-state index contributed by atoms with van der Waals surface area (Å²) in [5, 5.41) is 120. The van der Waals surface area contributed by atoms with Gasteiger partial charge < -0.3 is 89.9 Å². The molecule has 3 fully saturated rings. The van der Waals surface area contributed by atoms with Gasteiger partial charge >= 0.3 is 0 Å². The van der Waals surface area contributed by atoms with E-state index in [0.717, 1.165) is 70.6 Å². The second-order valence-corrected chi connectivity index (χ2v) is 21.8. The van der Waals surface area contributed by atoms with E-state index in [1.54, 1.807) is 0 Å². The maximum atomic E-state index is 13.3. The van der Waals surface area contributed by atoms with Crippen LogP contribution in [0, 0.1) is 0 Å². The fraction of sp³-hybridized carbons (Fsp3) is 0.790. The van der Waals surface area contributed by atoms with Crippen molar-refractivity contribution in [1.29, 1.82) is 0 Å². The number of carbonyl (C=O) groups excluding carboxylic acids is 1. The van der Waals surface area contributed by atoms with Crippen LogP contribution in [0.3, 0.4) is 0 Å². The van der Waals surface area contributed by atoms with Gasteiger partial charge in [0.2, 0.25) is 5.91 Å². The molecule has 3 aliphatic heterocycles. The number of amides is 1. The summed E-state index contributed by atoms with van der Waals surface area (Å²) in [5.41, 5.74) is 0. The van der Waals surface area contributed by atoms with E-state index < -0.39 is 124 Å². The van der Waals surface area contributed by atoms with Crippen LogP contribution in [0.25, 0.3) is 0 Å². The van der Waals surface area contributed by atoms with Gasteiger partial charge in [-0.3, -0.25) is 4.79 Å². The number of hydrogen-bond donors (Lipinski definition) is 12. The molecule has 0 radical (unpaired) electrons. The first-order valence-corrected chi connectivity index (χ1v) is 30.7. The maximum Gasteiger partial charge on any atom is 0.220 e. The summed E-state index contributed by atoms with van der Waals surface area (Å²) in [6, 6.07) is -0.914. The molecule has 468 valence electrons. The standard InChI is InChI=1S/C62H107NO18/c1-3-5-7-9-11-13-15-17-19-20-21-22-23-24-26-28-30-32-34-36-38-40-50(68)63-45(46(67)39-37-35-33-31-29-27-25-18-16-14-12-10-8-6-4-2)44-76-60-56(74)53(71)58(48(42-65)78-60)81-62-57(75)54(72)59(49(43-66)79-62)80-61-55(73)52(70)51(69)47(41-64)77-61/h5,7,11,13,17,19,21-22,24,26,30,32,45-49,51-62,64-67,69-75H,3-4,6,8-10,12,14-16,18,20,23,25,27-29,31,33-44H2,1-2H3,(H,63,68)/b7-5-,13-11-,19-17-,22-21-,26-24-,32-30-. The summed E-state index contributed by atoms with van der Waals surface area (Å²) in [6.07, 6.45) is 25.5. The van der Waals surface area contributed by atoms with Gasteiger partial charge in [-0.25, -0.2) is 0 Å². The molecule has 0 aromatic rings. The van der Waals surface area contributed by atoms with Crippen LogP contribution in [0.15, 0.2) is 72.9 Å². The number of carbonyl (C=O) groups is 1. The molecule has 0 spiro atoms. The normalized spacial score (nSPS) is 30.3. The summed E-state index contributed by atoms with van der Waals surface area (Å²) in [6.45, 7) is 1.62. The van der Waals surface area contributed by atoms with E-state index in [0.29, 0.717) is 19.3 Å². The van der Waals surface area contributed by atoms with Crippen LogP contribution in [0.5, 0.6) is 0 Å². The van der Waals surface area contributed by atoms with Gasteiger partial charge in [-0.15, -0.1) is 0 Å². The number of nitrogens with one attached hydrogen (secondary N) is 1. The number of aliphatic hydroxyl groups is 11. The lowest BCUT2D eigenvalue weighted by Gasteiger charge is -2.48. The number of hydrogen-bond acceptors (Lipinski definition) is 18. The molecule has 0 aromatic carbocycles. The number of allylic oxidation sites excluding steroid dienone is 12. The number of ether oxygens (including phenoxy) is 6. The van der Waals surface area contributed by atoms with E-state index in [1.807, 2.05) is 0 Å². The Kier molecular flexibility index (Phi) is 40.0. The summed E-state index contributed by atoms with van der Waals surface area (Å²) in [5.74, 6) is -0.288. The Morgan fingerprint density at radius 2 is 0.852 bits per heavy atom. The first-order chi connectivity index (χ1) is 39.3. The van der Waals surface area contributed by atoms with Crippen molar-refractivity contribution in [2.75, 3.05) is 26.4 Å². The fourth-order valence-corrected chi connectivity index (χ4v) is 10.0. The molecule has 17 unspecified atom stereocenters. The van der Waals surface area contributed by atoms with Crippen LogP contribution in [0.2, 0.25) is 0 Å². The summed E-state index contributed by atoms with van der Waals surface area (Å²) in [4.78, 5) is 13.3. The minimum atomic E-state index is -1.98. The first kappa shape index (κ1) is 72.5. The van der Waals surface area contributed by atoms with E-state index in [-0.39, 0.29) is 18.9 Å².